The number of amides is 2. The van der Waals surface area contributed by atoms with Crippen LogP contribution in [0.25, 0.3) is 0 Å². The van der Waals surface area contributed by atoms with E-state index in [1.165, 1.54) is 24.8 Å². The van der Waals surface area contributed by atoms with E-state index in [4.69, 9.17) is 0 Å². The summed E-state index contributed by atoms with van der Waals surface area (Å²) in [6.45, 7) is 0.732. The zero-order valence-electron chi connectivity index (χ0n) is 16.4. The van der Waals surface area contributed by atoms with Crippen LogP contribution in [0, 0.1) is 11.8 Å². The van der Waals surface area contributed by atoms with Crippen molar-refractivity contribution in [3.8, 4) is 0 Å². The third kappa shape index (κ3) is 6.37. The highest BCUT2D eigenvalue weighted by Crippen LogP contribution is 2.29. The number of hydrogen-bond acceptors (Lipinski definition) is 2. The van der Waals surface area contributed by atoms with E-state index in [1.54, 1.807) is 0 Å². The van der Waals surface area contributed by atoms with Crippen LogP contribution in [-0.4, -0.2) is 24.4 Å². The molecule has 4 heteroatoms. The molecule has 2 aliphatic rings. The second kappa shape index (κ2) is 10.5. The molecule has 0 bridgehead atoms. The molecule has 1 aromatic rings. The Labute approximate surface area is 163 Å². The van der Waals surface area contributed by atoms with Gasteiger partial charge in [0.05, 0.1) is 0 Å². The predicted octanol–water partition coefficient (Wildman–Crippen LogP) is 3.99. The van der Waals surface area contributed by atoms with Gasteiger partial charge in [-0.15, -0.1) is 0 Å². The predicted molar refractivity (Wildman–Crippen MR) is 108 cm³/mol. The van der Waals surface area contributed by atoms with E-state index in [2.05, 4.69) is 34.9 Å². The van der Waals surface area contributed by atoms with Crippen LogP contribution in [0.15, 0.2) is 30.3 Å². The van der Waals surface area contributed by atoms with Gasteiger partial charge in [0.25, 0.3) is 0 Å². The van der Waals surface area contributed by atoms with Crippen molar-refractivity contribution in [1.29, 1.82) is 0 Å². The van der Waals surface area contributed by atoms with Crippen LogP contribution < -0.4 is 10.6 Å². The van der Waals surface area contributed by atoms with Crippen LogP contribution >= 0.6 is 0 Å². The zero-order chi connectivity index (χ0) is 18.9. The lowest BCUT2D eigenvalue weighted by atomic mass is 9.81. The molecule has 0 unspecified atom stereocenters. The van der Waals surface area contributed by atoms with Crippen molar-refractivity contribution in [3.05, 3.63) is 35.9 Å². The summed E-state index contributed by atoms with van der Waals surface area (Å²) >= 11 is 0. The number of benzene rings is 1. The van der Waals surface area contributed by atoms with Crippen LogP contribution in [0.3, 0.4) is 0 Å². The van der Waals surface area contributed by atoms with Crippen molar-refractivity contribution in [1.82, 2.24) is 10.6 Å². The minimum Gasteiger partial charge on any atom is -0.356 e. The first-order chi connectivity index (χ1) is 13.2. The maximum Gasteiger partial charge on any atom is 0.223 e. The van der Waals surface area contributed by atoms with E-state index < -0.39 is 0 Å². The van der Waals surface area contributed by atoms with Gasteiger partial charge in [0, 0.05) is 24.4 Å². The fourth-order valence-corrected chi connectivity index (χ4v) is 4.48. The Morgan fingerprint density at radius 2 is 1.44 bits per heavy atom. The van der Waals surface area contributed by atoms with Gasteiger partial charge in [-0.25, -0.2) is 0 Å². The quantitative estimate of drug-likeness (QED) is 0.713. The Balaban J connectivity index is 1.31. The third-order valence-corrected chi connectivity index (χ3v) is 6.20. The van der Waals surface area contributed by atoms with Crippen LogP contribution in [0.4, 0.5) is 0 Å². The van der Waals surface area contributed by atoms with Gasteiger partial charge < -0.3 is 10.6 Å². The number of aryl methyl sites for hydroxylation is 1. The molecule has 27 heavy (non-hydrogen) atoms. The van der Waals surface area contributed by atoms with Gasteiger partial charge in [-0.2, -0.15) is 0 Å². The molecule has 2 N–H and O–H groups in total. The molecule has 0 saturated heterocycles. The third-order valence-electron chi connectivity index (χ3n) is 6.20. The summed E-state index contributed by atoms with van der Waals surface area (Å²) in [5.74, 6) is 0.590. The molecule has 2 amide bonds. The largest absolute Gasteiger partial charge is 0.356 e. The van der Waals surface area contributed by atoms with Crippen LogP contribution in [0.1, 0.15) is 69.8 Å². The summed E-state index contributed by atoms with van der Waals surface area (Å²) < 4.78 is 0. The minimum atomic E-state index is 0.0838. The monoisotopic (exact) mass is 370 g/mol. The first-order valence-corrected chi connectivity index (χ1v) is 10.8. The van der Waals surface area contributed by atoms with Gasteiger partial charge in [0.1, 0.15) is 0 Å². The molecule has 148 valence electrons. The van der Waals surface area contributed by atoms with Gasteiger partial charge in [-0.3, -0.25) is 9.59 Å². The molecule has 2 aliphatic carbocycles. The molecule has 4 nitrogen and oxygen atoms in total. The SMILES string of the molecule is O=C(NCCCc1ccccc1)C1CCC(C(=O)NC2CCCCC2)CC1. The van der Waals surface area contributed by atoms with Crippen molar-refractivity contribution in [2.45, 2.75) is 76.7 Å². The van der Waals surface area contributed by atoms with Crippen molar-refractivity contribution < 1.29 is 9.59 Å². The summed E-state index contributed by atoms with van der Waals surface area (Å²) in [5, 5.41) is 6.34. The molecule has 2 fully saturated rings. The Morgan fingerprint density at radius 1 is 0.815 bits per heavy atom. The number of hydrogen-bond donors (Lipinski definition) is 2. The summed E-state index contributed by atoms with van der Waals surface area (Å²) in [6, 6.07) is 10.8. The highest BCUT2D eigenvalue weighted by molar-refractivity contribution is 5.81. The molecular weight excluding hydrogens is 336 g/mol. The fraction of sp³-hybridized carbons (Fsp3) is 0.652. The number of carbonyl (C=O) groups excluding carboxylic acids is 2. The van der Waals surface area contributed by atoms with Crippen LogP contribution in [0.2, 0.25) is 0 Å². The molecule has 1 aromatic carbocycles. The average molecular weight is 371 g/mol. The first kappa shape index (κ1) is 19.9. The molecular formula is C23H34N2O2. The van der Waals surface area contributed by atoms with E-state index >= 15 is 0 Å². The molecule has 0 aromatic heterocycles. The summed E-state index contributed by atoms with van der Waals surface area (Å²) in [5.41, 5.74) is 1.32. The van der Waals surface area contributed by atoms with Crippen molar-refractivity contribution in [2.75, 3.05) is 6.54 Å². The van der Waals surface area contributed by atoms with E-state index in [0.29, 0.717) is 6.04 Å². The molecule has 0 aliphatic heterocycles. The Morgan fingerprint density at radius 3 is 2.11 bits per heavy atom. The van der Waals surface area contributed by atoms with E-state index in [0.717, 1.165) is 57.9 Å². The molecule has 0 spiro atoms. The van der Waals surface area contributed by atoms with Gasteiger partial charge >= 0.3 is 0 Å². The molecule has 0 atom stereocenters. The highest BCUT2D eigenvalue weighted by atomic mass is 16.2. The standard InChI is InChI=1S/C23H34N2O2/c26-22(24-17-7-10-18-8-3-1-4-9-18)19-13-15-20(16-14-19)23(27)25-21-11-5-2-6-12-21/h1,3-4,8-9,19-21H,2,5-7,10-17H2,(H,24,26)(H,25,27). The van der Waals surface area contributed by atoms with Crippen molar-refractivity contribution >= 4 is 11.8 Å². The van der Waals surface area contributed by atoms with E-state index in [-0.39, 0.29) is 23.7 Å². The lowest BCUT2D eigenvalue weighted by Crippen LogP contribution is -2.42. The Kier molecular flexibility index (Phi) is 7.73. The minimum absolute atomic E-state index is 0.0838. The van der Waals surface area contributed by atoms with Crippen LogP contribution in [0.5, 0.6) is 0 Å². The fourth-order valence-electron chi connectivity index (χ4n) is 4.48. The smallest absolute Gasteiger partial charge is 0.223 e. The lowest BCUT2D eigenvalue weighted by Gasteiger charge is -2.29. The maximum atomic E-state index is 12.5. The Bertz CT molecular complexity index is 588. The molecule has 0 radical (unpaired) electrons. The van der Waals surface area contributed by atoms with Gasteiger partial charge in [-0.05, 0) is 56.9 Å². The molecule has 0 heterocycles. The van der Waals surface area contributed by atoms with Gasteiger partial charge in [0.2, 0.25) is 11.8 Å². The summed E-state index contributed by atoms with van der Waals surface area (Å²) in [7, 11) is 0. The lowest BCUT2D eigenvalue weighted by molar-refractivity contribution is -0.131. The number of rotatable bonds is 7. The Hall–Kier alpha value is -1.84. The van der Waals surface area contributed by atoms with E-state index in [1.807, 2.05) is 6.07 Å². The summed E-state index contributed by atoms with van der Waals surface area (Å²) in [6.07, 6.45) is 11.4. The van der Waals surface area contributed by atoms with Gasteiger partial charge in [-0.1, -0.05) is 49.6 Å². The summed E-state index contributed by atoms with van der Waals surface area (Å²) in [4.78, 5) is 24.9. The molecule has 3 rings (SSSR count). The normalized spacial score (nSPS) is 23.6. The zero-order valence-corrected chi connectivity index (χ0v) is 16.4. The second-order valence-corrected chi connectivity index (χ2v) is 8.27. The number of nitrogens with one attached hydrogen (secondary N) is 2. The van der Waals surface area contributed by atoms with Crippen molar-refractivity contribution in [3.63, 3.8) is 0 Å². The second-order valence-electron chi connectivity index (χ2n) is 8.27. The van der Waals surface area contributed by atoms with Gasteiger partial charge in [0.15, 0.2) is 0 Å². The maximum absolute atomic E-state index is 12.5. The van der Waals surface area contributed by atoms with Crippen LogP contribution in [-0.2, 0) is 16.0 Å². The first-order valence-electron chi connectivity index (χ1n) is 10.8. The number of carbonyl (C=O) groups is 2. The highest BCUT2D eigenvalue weighted by Gasteiger charge is 2.30. The topological polar surface area (TPSA) is 58.2 Å². The molecule has 2 saturated carbocycles. The van der Waals surface area contributed by atoms with E-state index in [9.17, 15) is 9.59 Å². The van der Waals surface area contributed by atoms with Crippen molar-refractivity contribution in [2.24, 2.45) is 11.8 Å². The average Bonchev–Trinajstić information content (AvgIpc) is 2.72.